The second-order valence-electron chi connectivity index (χ2n) is 10.3. The van der Waals surface area contributed by atoms with Gasteiger partial charge in [0.05, 0.1) is 42.7 Å². The van der Waals surface area contributed by atoms with Gasteiger partial charge in [0.25, 0.3) is 0 Å². The van der Waals surface area contributed by atoms with E-state index in [-0.39, 0.29) is 56.5 Å². The van der Waals surface area contributed by atoms with Crippen molar-refractivity contribution < 1.29 is 57.7 Å². The van der Waals surface area contributed by atoms with E-state index in [4.69, 9.17) is 37.3 Å². The molecule has 0 aliphatic heterocycles. The Balaban J connectivity index is 0.000000194. The predicted octanol–water partition coefficient (Wildman–Crippen LogP) is 5.79. The molecule has 0 atom stereocenters. The summed E-state index contributed by atoms with van der Waals surface area (Å²) in [5.41, 5.74) is 0.101. The summed E-state index contributed by atoms with van der Waals surface area (Å²) >= 11 is 0. The number of benzene rings is 4. The first-order valence-corrected chi connectivity index (χ1v) is 14.6. The van der Waals surface area contributed by atoms with Crippen LogP contribution in [0.2, 0.25) is 0 Å². The largest absolute Gasteiger partial charge is 0.504 e. The molecule has 0 radical (unpaired) electrons. The fourth-order valence-electron chi connectivity index (χ4n) is 5.19. The summed E-state index contributed by atoms with van der Waals surface area (Å²) < 4.78 is 41.9. The zero-order chi connectivity index (χ0) is 36.3. The Morgan fingerprint density at radius 3 is 1.04 bits per heavy atom. The number of fused-ring (bicyclic) bond motifs is 2. The van der Waals surface area contributed by atoms with E-state index in [0.717, 1.165) is 0 Å². The Morgan fingerprint density at radius 1 is 0.440 bits per heavy atom. The first-order valence-electron chi connectivity index (χ1n) is 14.6. The third kappa shape index (κ3) is 6.05. The van der Waals surface area contributed by atoms with Gasteiger partial charge in [0.15, 0.2) is 33.5 Å². The van der Waals surface area contributed by atoms with Crippen LogP contribution < -0.4 is 39.3 Å². The summed E-state index contributed by atoms with van der Waals surface area (Å²) in [6.45, 7) is 0. The zero-order valence-electron chi connectivity index (χ0n) is 27.6. The molecular weight excluding hydrogens is 656 g/mol. The van der Waals surface area contributed by atoms with E-state index in [1.807, 2.05) is 0 Å². The smallest absolute Gasteiger partial charge is 0.208 e. The fourth-order valence-corrected chi connectivity index (χ4v) is 5.19. The van der Waals surface area contributed by atoms with Gasteiger partial charge in [-0.2, -0.15) is 0 Å². The Labute approximate surface area is 283 Å². The second kappa shape index (κ2) is 14.2. The van der Waals surface area contributed by atoms with Crippen LogP contribution in [0.3, 0.4) is 0 Å². The van der Waals surface area contributed by atoms with Crippen molar-refractivity contribution >= 4 is 21.9 Å². The standard InChI is InChI=1S/2C18H16O7/c2*1-22-10-6-4-9(5-7-10)12-8-11(19)13-14(20)17(23-2)15(21)18(24-3)16(13)25-12/h2*4-8,20-21H,1-3H3. The highest BCUT2D eigenvalue weighted by Crippen LogP contribution is 2.50. The van der Waals surface area contributed by atoms with E-state index < -0.39 is 33.9 Å². The van der Waals surface area contributed by atoms with Crippen LogP contribution in [0.25, 0.3) is 44.6 Å². The van der Waals surface area contributed by atoms with E-state index in [2.05, 4.69) is 0 Å². The molecule has 2 aromatic heterocycles. The molecular formula is C36H32O14. The van der Waals surface area contributed by atoms with E-state index in [9.17, 15) is 30.0 Å². The maximum absolute atomic E-state index is 12.5. The van der Waals surface area contributed by atoms with Crippen LogP contribution in [0, 0.1) is 0 Å². The van der Waals surface area contributed by atoms with Gasteiger partial charge in [0, 0.05) is 23.3 Å². The number of hydrogen-bond donors (Lipinski definition) is 4. The van der Waals surface area contributed by atoms with Crippen LogP contribution in [-0.2, 0) is 0 Å². The number of rotatable bonds is 8. The minimum absolute atomic E-state index is 0.0726. The fraction of sp³-hybridized carbons (Fsp3) is 0.167. The number of methoxy groups -OCH3 is 6. The molecule has 260 valence electrons. The highest BCUT2D eigenvalue weighted by molar-refractivity contribution is 5.96. The highest BCUT2D eigenvalue weighted by Gasteiger charge is 2.26. The highest BCUT2D eigenvalue weighted by atomic mass is 16.5. The van der Waals surface area contributed by atoms with Crippen molar-refractivity contribution in [2.45, 2.75) is 0 Å². The average Bonchev–Trinajstić information content (AvgIpc) is 3.12. The van der Waals surface area contributed by atoms with Gasteiger partial charge in [-0.3, -0.25) is 9.59 Å². The van der Waals surface area contributed by atoms with Crippen molar-refractivity contribution in [2.24, 2.45) is 0 Å². The summed E-state index contributed by atoms with van der Waals surface area (Å²) in [5.74, 6) is -0.817. The van der Waals surface area contributed by atoms with Crippen molar-refractivity contribution in [1.82, 2.24) is 0 Å². The molecule has 6 rings (SSSR count). The second-order valence-corrected chi connectivity index (χ2v) is 10.3. The lowest BCUT2D eigenvalue weighted by Crippen LogP contribution is -2.03. The molecule has 14 nitrogen and oxygen atoms in total. The van der Waals surface area contributed by atoms with E-state index in [0.29, 0.717) is 22.6 Å². The molecule has 0 amide bonds. The Morgan fingerprint density at radius 2 is 0.760 bits per heavy atom. The quantitative estimate of drug-likeness (QED) is 0.150. The van der Waals surface area contributed by atoms with Crippen LogP contribution in [0.4, 0.5) is 0 Å². The number of ether oxygens (including phenoxy) is 6. The normalized spacial score (nSPS) is 10.7. The van der Waals surface area contributed by atoms with Crippen LogP contribution >= 0.6 is 0 Å². The molecule has 0 spiro atoms. The Bertz CT molecular complexity index is 2140. The van der Waals surface area contributed by atoms with Crippen molar-refractivity contribution in [3.05, 3.63) is 81.1 Å². The first kappa shape index (κ1) is 34.6. The molecule has 0 aliphatic rings. The minimum atomic E-state index is -0.508. The van der Waals surface area contributed by atoms with Gasteiger partial charge in [-0.25, -0.2) is 0 Å². The summed E-state index contributed by atoms with van der Waals surface area (Å²) in [4.78, 5) is 25.1. The van der Waals surface area contributed by atoms with Crippen molar-refractivity contribution in [1.29, 1.82) is 0 Å². The molecule has 4 aromatic carbocycles. The summed E-state index contributed by atoms with van der Waals surface area (Å²) in [5, 5.41) is 40.6. The molecule has 14 heteroatoms. The van der Waals surface area contributed by atoms with E-state index in [1.165, 1.54) is 40.6 Å². The SMILES string of the molecule is COc1ccc(-c2cc(=O)c3c(O)c(OC)c(O)c(OC)c3o2)cc1.COc1ccc(-c2cc(=O)c3c(O)c(OC)c(O)c(OC)c3o2)cc1. The maximum Gasteiger partial charge on any atom is 0.208 e. The topological polar surface area (TPSA) is 197 Å². The van der Waals surface area contributed by atoms with Gasteiger partial charge < -0.3 is 57.7 Å². The van der Waals surface area contributed by atoms with Crippen molar-refractivity contribution in [2.75, 3.05) is 42.7 Å². The molecule has 0 fully saturated rings. The van der Waals surface area contributed by atoms with Crippen molar-refractivity contribution in [3.8, 4) is 80.1 Å². The Hall–Kier alpha value is -6.70. The van der Waals surface area contributed by atoms with Crippen LogP contribution in [0.1, 0.15) is 0 Å². The maximum atomic E-state index is 12.5. The predicted molar refractivity (Wildman–Crippen MR) is 182 cm³/mol. The van der Waals surface area contributed by atoms with Gasteiger partial charge in [-0.05, 0) is 48.5 Å². The van der Waals surface area contributed by atoms with Gasteiger partial charge in [0.1, 0.15) is 33.8 Å². The van der Waals surface area contributed by atoms with Crippen molar-refractivity contribution in [3.63, 3.8) is 0 Å². The lowest BCUT2D eigenvalue weighted by atomic mass is 10.1. The third-order valence-electron chi connectivity index (χ3n) is 7.64. The lowest BCUT2D eigenvalue weighted by molar-refractivity contribution is 0.323. The summed E-state index contributed by atoms with van der Waals surface area (Å²) in [6, 6.07) is 16.3. The number of phenols is 4. The number of phenolic OH excluding ortho intramolecular Hbond substituents is 4. The van der Waals surface area contributed by atoms with Gasteiger partial charge in [0.2, 0.25) is 34.5 Å². The minimum Gasteiger partial charge on any atom is -0.504 e. The molecule has 4 N–H and O–H groups in total. The molecule has 0 unspecified atom stereocenters. The number of hydrogen-bond acceptors (Lipinski definition) is 14. The lowest BCUT2D eigenvalue weighted by Gasteiger charge is -2.13. The van der Waals surface area contributed by atoms with Crippen LogP contribution in [-0.4, -0.2) is 63.1 Å². The van der Waals surface area contributed by atoms with Gasteiger partial charge in [-0.1, -0.05) is 0 Å². The van der Waals surface area contributed by atoms with Crippen LogP contribution in [0.5, 0.6) is 57.5 Å². The van der Waals surface area contributed by atoms with Gasteiger partial charge >= 0.3 is 0 Å². The molecule has 6 aromatic rings. The Kier molecular flexibility index (Phi) is 9.83. The monoisotopic (exact) mass is 688 g/mol. The summed E-state index contributed by atoms with van der Waals surface area (Å²) in [6.07, 6.45) is 0. The zero-order valence-corrected chi connectivity index (χ0v) is 27.6. The van der Waals surface area contributed by atoms with Gasteiger partial charge in [-0.15, -0.1) is 0 Å². The molecule has 50 heavy (non-hydrogen) atoms. The van der Waals surface area contributed by atoms with Crippen LogP contribution in [0.15, 0.2) is 79.1 Å². The summed E-state index contributed by atoms with van der Waals surface area (Å²) in [7, 11) is 8.24. The van der Waals surface area contributed by atoms with E-state index >= 15 is 0 Å². The number of aromatic hydroxyl groups is 4. The first-order chi connectivity index (χ1) is 24.0. The molecule has 0 aliphatic carbocycles. The molecule has 0 saturated heterocycles. The third-order valence-corrected chi connectivity index (χ3v) is 7.64. The molecule has 2 heterocycles. The van der Waals surface area contributed by atoms with E-state index in [1.54, 1.807) is 62.8 Å². The molecule has 0 bridgehead atoms. The average molecular weight is 689 g/mol. The molecule has 0 saturated carbocycles.